The Labute approximate surface area is 96.8 Å². The fourth-order valence-electron chi connectivity index (χ4n) is 1.54. The second-order valence-corrected chi connectivity index (χ2v) is 4.46. The molecule has 0 atom stereocenters. The average Bonchev–Trinajstić information content (AvgIpc) is 3.04. The topological polar surface area (TPSA) is 31.4 Å². The fraction of sp³-hybridized carbons (Fsp3) is 0.615. The molecule has 0 aliphatic heterocycles. The van der Waals surface area contributed by atoms with Crippen molar-refractivity contribution in [2.45, 2.75) is 52.2 Å². The molecule has 1 fully saturated rings. The maximum absolute atomic E-state index is 5.83. The van der Waals surface area contributed by atoms with E-state index in [4.69, 9.17) is 9.47 Å². The molecule has 1 saturated carbocycles. The first-order chi connectivity index (χ1) is 7.70. The summed E-state index contributed by atoms with van der Waals surface area (Å²) in [5.74, 6) is 1.68. The highest BCUT2D eigenvalue weighted by atomic mass is 16.5. The van der Waals surface area contributed by atoms with Crippen LogP contribution in [0.3, 0.4) is 0 Å². The van der Waals surface area contributed by atoms with Crippen molar-refractivity contribution in [3.8, 4) is 11.5 Å². The normalized spacial score (nSPS) is 15.2. The summed E-state index contributed by atoms with van der Waals surface area (Å²) >= 11 is 0. The number of aromatic nitrogens is 1. The number of aryl methyl sites for hydroxylation is 1. The first-order valence-corrected chi connectivity index (χ1v) is 6.01. The summed E-state index contributed by atoms with van der Waals surface area (Å²) in [4.78, 5) is 4.20. The molecular weight excluding hydrogens is 202 g/mol. The molecule has 1 aliphatic rings. The summed E-state index contributed by atoms with van der Waals surface area (Å²) in [5, 5.41) is 0. The lowest BCUT2D eigenvalue weighted by atomic mass is 10.2. The molecule has 3 nitrogen and oxygen atoms in total. The maximum atomic E-state index is 5.83. The first-order valence-electron chi connectivity index (χ1n) is 6.01. The van der Waals surface area contributed by atoms with Crippen molar-refractivity contribution in [3.05, 3.63) is 18.0 Å². The Morgan fingerprint density at radius 2 is 2.12 bits per heavy atom. The molecule has 0 bridgehead atoms. The molecule has 16 heavy (non-hydrogen) atoms. The average molecular weight is 221 g/mol. The smallest absolute Gasteiger partial charge is 0.180 e. The molecule has 0 unspecified atom stereocenters. The van der Waals surface area contributed by atoms with Gasteiger partial charge in [0, 0.05) is 11.8 Å². The van der Waals surface area contributed by atoms with Gasteiger partial charge in [-0.15, -0.1) is 0 Å². The van der Waals surface area contributed by atoms with E-state index in [0.717, 1.165) is 36.3 Å². The molecule has 0 radical (unpaired) electrons. The number of hydrogen-bond donors (Lipinski definition) is 0. The van der Waals surface area contributed by atoms with Crippen LogP contribution in [-0.4, -0.2) is 17.2 Å². The molecule has 1 heterocycles. The predicted octanol–water partition coefficient (Wildman–Crippen LogP) is 2.97. The van der Waals surface area contributed by atoms with E-state index in [-0.39, 0.29) is 6.10 Å². The summed E-state index contributed by atoms with van der Waals surface area (Å²) < 4.78 is 11.6. The van der Waals surface area contributed by atoms with Gasteiger partial charge in [0.25, 0.3) is 0 Å². The second kappa shape index (κ2) is 4.73. The monoisotopic (exact) mass is 221 g/mol. The summed E-state index contributed by atoms with van der Waals surface area (Å²) in [7, 11) is 0. The van der Waals surface area contributed by atoms with E-state index in [1.165, 1.54) is 0 Å². The van der Waals surface area contributed by atoms with Crippen LogP contribution in [0, 0.1) is 0 Å². The third kappa shape index (κ3) is 2.65. The lowest BCUT2D eigenvalue weighted by molar-refractivity contribution is 0.215. The molecule has 0 N–H and O–H groups in total. The van der Waals surface area contributed by atoms with Gasteiger partial charge < -0.3 is 9.47 Å². The molecule has 0 spiro atoms. The number of pyridine rings is 1. The van der Waals surface area contributed by atoms with Crippen LogP contribution in [0.1, 0.15) is 39.2 Å². The highest BCUT2D eigenvalue weighted by molar-refractivity contribution is 5.44. The number of hydrogen-bond acceptors (Lipinski definition) is 3. The molecule has 1 aromatic heterocycles. The van der Waals surface area contributed by atoms with E-state index in [1.54, 1.807) is 6.20 Å². The summed E-state index contributed by atoms with van der Waals surface area (Å²) in [6.45, 7) is 6.16. The van der Waals surface area contributed by atoms with Gasteiger partial charge in [0.2, 0.25) is 0 Å². The Morgan fingerprint density at radius 3 is 2.69 bits per heavy atom. The lowest BCUT2D eigenvalue weighted by Crippen LogP contribution is -2.10. The van der Waals surface area contributed by atoms with E-state index in [0.29, 0.717) is 6.10 Å². The van der Waals surface area contributed by atoms with Crippen LogP contribution >= 0.6 is 0 Å². The highest BCUT2D eigenvalue weighted by Crippen LogP contribution is 2.36. The van der Waals surface area contributed by atoms with Crippen molar-refractivity contribution in [3.63, 3.8) is 0 Å². The van der Waals surface area contributed by atoms with Gasteiger partial charge in [-0.2, -0.15) is 0 Å². The van der Waals surface area contributed by atoms with Crippen LogP contribution < -0.4 is 9.47 Å². The molecule has 0 amide bonds. The molecule has 1 aliphatic carbocycles. The maximum Gasteiger partial charge on any atom is 0.180 e. The molecular formula is C13H19NO2. The largest absolute Gasteiger partial charge is 0.487 e. The molecule has 2 rings (SSSR count). The zero-order valence-electron chi connectivity index (χ0n) is 10.2. The number of rotatable bonds is 5. The van der Waals surface area contributed by atoms with Crippen LogP contribution in [0.2, 0.25) is 0 Å². The summed E-state index contributed by atoms with van der Waals surface area (Å²) in [5.41, 5.74) is 1.12. The lowest BCUT2D eigenvalue weighted by Gasteiger charge is -2.17. The van der Waals surface area contributed by atoms with Crippen LogP contribution in [0.25, 0.3) is 0 Å². The minimum atomic E-state index is 0.161. The summed E-state index contributed by atoms with van der Waals surface area (Å²) in [6.07, 6.45) is 7.37. The van der Waals surface area contributed by atoms with Gasteiger partial charge in [-0.3, -0.25) is 4.98 Å². The van der Waals surface area contributed by atoms with Crippen LogP contribution in [0.4, 0.5) is 0 Å². The number of nitrogens with zero attached hydrogens (tertiary/aromatic N) is 1. The standard InChI is InChI=1S/C13H19NO2/c1-4-10-7-14-8-12(16-11-5-6-11)13(10)15-9(2)3/h7-9,11H,4-6H2,1-3H3. The zero-order valence-corrected chi connectivity index (χ0v) is 10.2. The van der Waals surface area contributed by atoms with Crippen molar-refractivity contribution in [1.82, 2.24) is 4.98 Å². The molecule has 0 saturated heterocycles. The van der Waals surface area contributed by atoms with Gasteiger partial charge in [0.1, 0.15) is 0 Å². The minimum absolute atomic E-state index is 0.161. The third-order valence-corrected chi connectivity index (χ3v) is 2.49. The van der Waals surface area contributed by atoms with Crippen LogP contribution in [-0.2, 0) is 6.42 Å². The van der Waals surface area contributed by atoms with Crippen molar-refractivity contribution >= 4 is 0 Å². The van der Waals surface area contributed by atoms with E-state index in [1.807, 2.05) is 20.0 Å². The van der Waals surface area contributed by atoms with Gasteiger partial charge in [0.15, 0.2) is 11.5 Å². The summed E-state index contributed by atoms with van der Waals surface area (Å²) in [6, 6.07) is 0. The molecule has 3 heteroatoms. The Balaban J connectivity index is 2.25. The van der Waals surface area contributed by atoms with Gasteiger partial charge in [-0.25, -0.2) is 0 Å². The molecule has 1 aromatic rings. The Kier molecular flexibility index (Phi) is 3.32. The van der Waals surface area contributed by atoms with E-state index in [2.05, 4.69) is 11.9 Å². The van der Waals surface area contributed by atoms with Gasteiger partial charge in [0.05, 0.1) is 18.4 Å². The zero-order chi connectivity index (χ0) is 11.5. The van der Waals surface area contributed by atoms with Crippen molar-refractivity contribution in [2.75, 3.05) is 0 Å². The second-order valence-electron chi connectivity index (χ2n) is 4.46. The Hall–Kier alpha value is -1.25. The SMILES string of the molecule is CCc1cncc(OC2CC2)c1OC(C)C. The van der Waals surface area contributed by atoms with Crippen LogP contribution in [0.15, 0.2) is 12.4 Å². The van der Waals surface area contributed by atoms with Gasteiger partial charge in [-0.05, 0) is 33.1 Å². The minimum Gasteiger partial charge on any atom is -0.487 e. The van der Waals surface area contributed by atoms with Gasteiger partial charge >= 0.3 is 0 Å². The van der Waals surface area contributed by atoms with E-state index >= 15 is 0 Å². The molecule has 0 aromatic carbocycles. The van der Waals surface area contributed by atoms with Crippen LogP contribution in [0.5, 0.6) is 11.5 Å². The highest BCUT2D eigenvalue weighted by Gasteiger charge is 2.26. The van der Waals surface area contributed by atoms with Crippen molar-refractivity contribution in [1.29, 1.82) is 0 Å². The van der Waals surface area contributed by atoms with E-state index in [9.17, 15) is 0 Å². The quantitative estimate of drug-likeness (QED) is 0.766. The van der Waals surface area contributed by atoms with Gasteiger partial charge in [-0.1, -0.05) is 6.92 Å². The molecule has 88 valence electrons. The van der Waals surface area contributed by atoms with Crippen molar-refractivity contribution < 1.29 is 9.47 Å². The first kappa shape index (κ1) is 11.2. The Morgan fingerprint density at radius 1 is 1.38 bits per heavy atom. The fourth-order valence-corrected chi connectivity index (χ4v) is 1.54. The van der Waals surface area contributed by atoms with Crippen molar-refractivity contribution in [2.24, 2.45) is 0 Å². The number of ether oxygens (including phenoxy) is 2. The predicted molar refractivity (Wildman–Crippen MR) is 63.0 cm³/mol. The van der Waals surface area contributed by atoms with E-state index < -0.39 is 0 Å². The Bertz CT molecular complexity index is 359. The third-order valence-electron chi connectivity index (χ3n) is 2.49.